The van der Waals surface area contributed by atoms with Crippen LogP contribution in [0.2, 0.25) is 0 Å². The van der Waals surface area contributed by atoms with Gasteiger partial charge in [-0.3, -0.25) is 9.71 Å². The predicted molar refractivity (Wildman–Crippen MR) is 105 cm³/mol. The second-order valence-corrected chi connectivity index (χ2v) is 8.43. The summed E-state index contributed by atoms with van der Waals surface area (Å²) >= 11 is 3.44. The van der Waals surface area contributed by atoms with Gasteiger partial charge in [-0.25, -0.2) is 8.42 Å². The number of anilines is 1. The van der Waals surface area contributed by atoms with Crippen molar-refractivity contribution in [3.63, 3.8) is 0 Å². The molecule has 1 aromatic heterocycles. The summed E-state index contributed by atoms with van der Waals surface area (Å²) in [5.74, 6) is 0. The Morgan fingerprint density at radius 3 is 2.60 bits per heavy atom. The molecule has 6 heteroatoms. The molecule has 0 atom stereocenters. The van der Waals surface area contributed by atoms with Crippen molar-refractivity contribution in [1.82, 2.24) is 4.98 Å². The molecule has 0 amide bonds. The Kier molecular flexibility index (Phi) is 5.39. The molecule has 3 aromatic rings. The van der Waals surface area contributed by atoms with E-state index < -0.39 is 10.0 Å². The van der Waals surface area contributed by atoms with Crippen LogP contribution in [0.4, 0.5) is 5.69 Å². The Morgan fingerprint density at radius 1 is 1.12 bits per heavy atom. The van der Waals surface area contributed by atoms with Crippen LogP contribution in [-0.2, 0) is 16.4 Å². The van der Waals surface area contributed by atoms with Crippen molar-refractivity contribution < 1.29 is 8.42 Å². The average Bonchev–Trinajstić information content (AvgIpc) is 2.60. The molecule has 0 unspecified atom stereocenters. The van der Waals surface area contributed by atoms with Crippen molar-refractivity contribution in [3.05, 3.63) is 64.8 Å². The van der Waals surface area contributed by atoms with Gasteiger partial charge in [0.05, 0.1) is 22.3 Å². The fourth-order valence-corrected chi connectivity index (χ4v) is 4.13. The van der Waals surface area contributed by atoms with Crippen molar-refractivity contribution in [3.8, 4) is 0 Å². The lowest BCUT2D eigenvalue weighted by molar-refractivity contribution is 0.601. The molecule has 0 aliphatic heterocycles. The summed E-state index contributed by atoms with van der Waals surface area (Å²) in [6, 6.07) is 14.5. The molecule has 130 valence electrons. The molecule has 2 aromatic carbocycles. The lowest BCUT2D eigenvalue weighted by Crippen LogP contribution is -2.13. The smallest absolute Gasteiger partial charge is 0.261 e. The molecule has 0 spiro atoms. The van der Waals surface area contributed by atoms with Crippen LogP contribution < -0.4 is 4.72 Å². The second-order valence-electron chi connectivity index (χ2n) is 5.89. The van der Waals surface area contributed by atoms with E-state index in [-0.39, 0.29) is 4.90 Å². The highest BCUT2D eigenvalue weighted by Gasteiger charge is 2.14. The van der Waals surface area contributed by atoms with E-state index in [2.05, 4.69) is 32.6 Å². The molecule has 25 heavy (non-hydrogen) atoms. The molecule has 4 nitrogen and oxygen atoms in total. The molecular weight excluding hydrogens is 400 g/mol. The number of nitrogens with zero attached hydrogens (tertiary/aromatic N) is 1. The van der Waals surface area contributed by atoms with E-state index in [1.165, 1.54) is 6.20 Å². The van der Waals surface area contributed by atoms with Crippen LogP contribution >= 0.6 is 15.9 Å². The number of fused-ring (bicyclic) bond motifs is 1. The van der Waals surface area contributed by atoms with Gasteiger partial charge in [-0.2, -0.15) is 0 Å². The van der Waals surface area contributed by atoms with Gasteiger partial charge in [0.1, 0.15) is 0 Å². The van der Waals surface area contributed by atoms with Gasteiger partial charge in [0.25, 0.3) is 10.0 Å². The predicted octanol–water partition coefficient (Wildman–Crippen LogP) is 5.14. The van der Waals surface area contributed by atoms with Crippen molar-refractivity contribution in [1.29, 1.82) is 0 Å². The number of sulfonamides is 1. The minimum absolute atomic E-state index is 0.252. The first-order valence-electron chi connectivity index (χ1n) is 8.15. The lowest BCUT2D eigenvalue weighted by atomic mass is 10.1. The summed E-state index contributed by atoms with van der Waals surface area (Å²) in [5.41, 5.74) is 2.39. The molecule has 0 aliphatic carbocycles. The lowest BCUT2D eigenvalue weighted by Gasteiger charge is -2.10. The van der Waals surface area contributed by atoms with Crippen LogP contribution in [-0.4, -0.2) is 13.4 Å². The van der Waals surface area contributed by atoms with E-state index in [0.717, 1.165) is 40.2 Å². The Bertz CT molecular complexity index is 986. The van der Waals surface area contributed by atoms with Gasteiger partial charge < -0.3 is 0 Å². The average molecular weight is 419 g/mol. The number of unbranched alkanes of at least 4 members (excludes halogenated alkanes) is 1. The first-order valence-corrected chi connectivity index (χ1v) is 10.4. The standard InChI is InChI=1S/C19H19BrN2O2S/c1-2-3-5-14-8-10-17(11-9-14)25(23,24)22-16-12-15-6-4-7-18(20)19(15)21-13-16/h4,6-13,22H,2-3,5H2,1H3. The van der Waals surface area contributed by atoms with Crippen LogP contribution in [0.3, 0.4) is 0 Å². The molecular formula is C19H19BrN2O2S. The number of pyridine rings is 1. The van der Waals surface area contributed by atoms with E-state index in [1.54, 1.807) is 18.2 Å². The maximum atomic E-state index is 12.6. The summed E-state index contributed by atoms with van der Waals surface area (Å²) in [7, 11) is -3.63. The molecule has 0 fully saturated rings. The summed E-state index contributed by atoms with van der Waals surface area (Å²) in [6.45, 7) is 2.14. The summed E-state index contributed by atoms with van der Waals surface area (Å²) in [6.07, 6.45) is 4.71. The van der Waals surface area contributed by atoms with Crippen LogP contribution in [0, 0.1) is 0 Å². The largest absolute Gasteiger partial charge is 0.278 e. The maximum absolute atomic E-state index is 12.6. The van der Waals surface area contributed by atoms with E-state index in [9.17, 15) is 8.42 Å². The molecule has 0 aliphatic rings. The number of hydrogen-bond donors (Lipinski definition) is 1. The van der Waals surface area contributed by atoms with Gasteiger partial charge in [-0.15, -0.1) is 0 Å². The Hall–Kier alpha value is -1.92. The molecule has 0 saturated carbocycles. The maximum Gasteiger partial charge on any atom is 0.261 e. The Morgan fingerprint density at radius 2 is 1.88 bits per heavy atom. The number of para-hydroxylation sites is 1. The Balaban J connectivity index is 1.83. The number of aryl methyl sites for hydroxylation is 1. The van der Waals surface area contributed by atoms with E-state index in [4.69, 9.17) is 0 Å². The van der Waals surface area contributed by atoms with Crippen LogP contribution in [0.5, 0.6) is 0 Å². The van der Waals surface area contributed by atoms with Gasteiger partial charge in [0.15, 0.2) is 0 Å². The quantitative estimate of drug-likeness (QED) is 0.602. The zero-order chi connectivity index (χ0) is 17.9. The number of benzene rings is 2. The highest BCUT2D eigenvalue weighted by molar-refractivity contribution is 9.10. The summed E-state index contributed by atoms with van der Waals surface area (Å²) in [4.78, 5) is 4.58. The van der Waals surface area contributed by atoms with Crippen molar-refractivity contribution in [2.24, 2.45) is 0 Å². The zero-order valence-electron chi connectivity index (χ0n) is 13.9. The van der Waals surface area contributed by atoms with Crippen LogP contribution in [0.15, 0.2) is 64.1 Å². The monoisotopic (exact) mass is 418 g/mol. The minimum Gasteiger partial charge on any atom is -0.278 e. The third-order valence-corrected chi connectivity index (χ3v) is 6.00. The first-order chi connectivity index (χ1) is 12.0. The normalized spacial score (nSPS) is 11.6. The number of nitrogens with one attached hydrogen (secondary N) is 1. The minimum atomic E-state index is -3.63. The highest BCUT2D eigenvalue weighted by Crippen LogP contribution is 2.25. The molecule has 0 bridgehead atoms. The first kappa shape index (κ1) is 17.9. The fraction of sp³-hybridized carbons (Fsp3) is 0.211. The van der Waals surface area contributed by atoms with E-state index >= 15 is 0 Å². The third-order valence-electron chi connectivity index (χ3n) is 3.97. The fourth-order valence-electron chi connectivity index (χ4n) is 2.61. The molecule has 0 radical (unpaired) electrons. The topological polar surface area (TPSA) is 59.1 Å². The van der Waals surface area contributed by atoms with E-state index in [0.29, 0.717) is 5.69 Å². The molecule has 3 rings (SSSR count). The van der Waals surface area contributed by atoms with Gasteiger partial charge >= 0.3 is 0 Å². The van der Waals surface area contributed by atoms with Crippen LogP contribution in [0.25, 0.3) is 10.9 Å². The molecule has 0 saturated heterocycles. The summed E-state index contributed by atoms with van der Waals surface area (Å²) in [5, 5.41) is 0.865. The zero-order valence-corrected chi connectivity index (χ0v) is 16.3. The molecule has 1 N–H and O–H groups in total. The number of hydrogen-bond acceptors (Lipinski definition) is 3. The second kappa shape index (κ2) is 7.54. The van der Waals surface area contributed by atoms with Gasteiger partial charge in [-0.1, -0.05) is 37.6 Å². The van der Waals surface area contributed by atoms with Gasteiger partial charge in [-0.05, 0) is 58.6 Å². The Labute approximate surface area is 156 Å². The van der Waals surface area contributed by atoms with Gasteiger partial charge in [0, 0.05) is 9.86 Å². The van der Waals surface area contributed by atoms with E-state index in [1.807, 2.05) is 30.3 Å². The van der Waals surface area contributed by atoms with Gasteiger partial charge in [0.2, 0.25) is 0 Å². The van der Waals surface area contributed by atoms with Crippen LogP contribution in [0.1, 0.15) is 25.3 Å². The van der Waals surface area contributed by atoms with Crippen molar-refractivity contribution >= 4 is 42.5 Å². The number of aromatic nitrogens is 1. The number of halogens is 1. The number of rotatable bonds is 6. The van der Waals surface area contributed by atoms with Crippen molar-refractivity contribution in [2.75, 3.05) is 4.72 Å². The summed E-state index contributed by atoms with van der Waals surface area (Å²) < 4.78 is 28.6. The molecule has 1 heterocycles. The highest BCUT2D eigenvalue weighted by atomic mass is 79.9. The SMILES string of the molecule is CCCCc1ccc(S(=O)(=O)Nc2cnc3c(Br)cccc3c2)cc1. The van der Waals surface area contributed by atoms with Crippen molar-refractivity contribution in [2.45, 2.75) is 31.1 Å². The third kappa shape index (κ3) is 4.19.